The first kappa shape index (κ1) is 21.3. The number of aromatic nitrogens is 1. The summed E-state index contributed by atoms with van der Waals surface area (Å²) < 4.78 is 2.59. The normalized spacial score (nSPS) is 13.6. The summed E-state index contributed by atoms with van der Waals surface area (Å²) in [5.41, 5.74) is 14.1. The quantitative estimate of drug-likeness (QED) is 0.330. The van der Waals surface area contributed by atoms with Gasteiger partial charge in [-0.25, -0.2) is 0 Å². The first-order chi connectivity index (χ1) is 16.9. The average molecular weight is 448 g/mol. The minimum Gasteiger partial charge on any atom is -0.395 e. The van der Waals surface area contributed by atoms with Crippen LogP contribution in [0.15, 0.2) is 78.9 Å². The minimum atomic E-state index is 0.166. The number of aliphatic hydroxyl groups is 1. The third-order valence-electron chi connectivity index (χ3n) is 7.41. The zero-order valence-electron chi connectivity index (χ0n) is 19.6. The maximum atomic E-state index is 9.30. The zero-order chi connectivity index (χ0) is 22.9. The van der Waals surface area contributed by atoms with E-state index in [9.17, 15) is 5.11 Å². The van der Waals surface area contributed by atoms with E-state index in [2.05, 4.69) is 88.7 Å². The molecule has 3 heteroatoms. The number of rotatable bonds is 6. The molecule has 1 aromatic heterocycles. The Morgan fingerprint density at radius 2 is 1.21 bits per heavy atom. The fourth-order valence-electron chi connectivity index (χ4n) is 5.99. The number of aryl methyl sites for hydroxylation is 2. The second-order valence-electron chi connectivity index (χ2n) is 9.33. The Balaban J connectivity index is 1.69. The van der Waals surface area contributed by atoms with Crippen LogP contribution in [0.3, 0.4) is 0 Å². The second-order valence-corrected chi connectivity index (χ2v) is 9.33. The molecule has 0 amide bonds. The summed E-state index contributed by atoms with van der Waals surface area (Å²) >= 11 is 0. The monoisotopic (exact) mass is 447 g/mol. The SMILES string of the molecule is OCCNCC[n+]1c2c(c(-c3ccccc3)c3c1-c1ccccc1CC3)CCc1ccccc1-2. The topological polar surface area (TPSA) is 36.1 Å². The third kappa shape index (κ3) is 3.56. The predicted molar refractivity (Wildman–Crippen MR) is 138 cm³/mol. The van der Waals surface area contributed by atoms with Gasteiger partial charge in [0.15, 0.2) is 6.54 Å². The Morgan fingerprint density at radius 3 is 1.79 bits per heavy atom. The Labute approximate surface area is 201 Å². The maximum absolute atomic E-state index is 9.30. The number of hydrogen-bond acceptors (Lipinski definition) is 2. The van der Waals surface area contributed by atoms with Crippen molar-refractivity contribution in [1.29, 1.82) is 0 Å². The van der Waals surface area contributed by atoms with Crippen molar-refractivity contribution in [1.82, 2.24) is 5.32 Å². The first-order valence-corrected chi connectivity index (χ1v) is 12.5. The fourth-order valence-corrected chi connectivity index (χ4v) is 5.99. The van der Waals surface area contributed by atoms with Crippen molar-refractivity contribution in [2.45, 2.75) is 32.2 Å². The van der Waals surface area contributed by atoms with Gasteiger partial charge in [-0.05, 0) is 54.5 Å². The molecule has 0 unspecified atom stereocenters. The summed E-state index contributed by atoms with van der Waals surface area (Å²) in [4.78, 5) is 0. The highest BCUT2D eigenvalue weighted by Crippen LogP contribution is 2.44. The van der Waals surface area contributed by atoms with Gasteiger partial charge in [-0.2, -0.15) is 4.57 Å². The second kappa shape index (κ2) is 9.17. The van der Waals surface area contributed by atoms with Gasteiger partial charge in [0.25, 0.3) is 0 Å². The summed E-state index contributed by atoms with van der Waals surface area (Å²) in [6, 6.07) is 28.9. The first-order valence-electron chi connectivity index (χ1n) is 12.5. The molecule has 0 aliphatic heterocycles. The van der Waals surface area contributed by atoms with Crippen LogP contribution in [0.5, 0.6) is 0 Å². The van der Waals surface area contributed by atoms with E-state index in [-0.39, 0.29) is 6.61 Å². The van der Waals surface area contributed by atoms with Gasteiger partial charge in [-0.15, -0.1) is 0 Å². The number of pyridine rings is 1. The van der Waals surface area contributed by atoms with Crippen molar-refractivity contribution < 1.29 is 9.67 Å². The molecule has 2 aliphatic rings. The van der Waals surface area contributed by atoms with E-state index in [4.69, 9.17) is 0 Å². The highest BCUT2D eigenvalue weighted by molar-refractivity contribution is 5.85. The molecule has 0 fully saturated rings. The third-order valence-corrected chi connectivity index (χ3v) is 7.41. The predicted octanol–water partition coefficient (Wildman–Crippen LogP) is 4.75. The van der Waals surface area contributed by atoms with E-state index in [1.165, 1.54) is 55.9 Å². The van der Waals surface area contributed by atoms with Crippen LogP contribution < -0.4 is 9.88 Å². The largest absolute Gasteiger partial charge is 0.395 e. The molecule has 2 N–H and O–H groups in total. The van der Waals surface area contributed by atoms with Gasteiger partial charge in [0.2, 0.25) is 11.4 Å². The lowest BCUT2D eigenvalue weighted by Crippen LogP contribution is -2.46. The Morgan fingerprint density at radius 1 is 0.647 bits per heavy atom. The van der Waals surface area contributed by atoms with Crippen molar-refractivity contribution in [2.24, 2.45) is 0 Å². The molecule has 0 saturated heterocycles. The van der Waals surface area contributed by atoms with Gasteiger partial charge in [-0.1, -0.05) is 66.7 Å². The van der Waals surface area contributed by atoms with Gasteiger partial charge in [-0.3, -0.25) is 0 Å². The molecule has 0 spiro atoms. The number of fused-ring (bicyclic) bond motifs is 6. The van der Waals surface area contributed by atoms with Crippen molar-refractivity contribution in [3.63, 3.8) is 0 Å². The molecule has 0 atom stereocenters. The summed E-state index contributed by atoms with van der Waals surface area (Å²) in [6.45, 7) is 2.50. The summed E-state index contributed by atoms with van der Waals surface area (Å²) in [5, 5.41) is 12.7. The summed E-state index contributed by atoms with van der Waals surface area (Å²) in [7, 11) is 0. The van der Waals surface area contributed by atoms with Crippen molar-refractivity contribution in [3.05, 3.63) is 101 Å². The van der Waals surface area contributed by atoms with Gasteiger partial charge in [0.1, 0.15) is 0 Å². The average Bonchev–Trinajstić information content (AvgIpc) is 2.90. The van der Waals surface area contributed by atoms with E-state index in [0.29, 0.717) is 6.54 Å². The molecular weight excluding hydrogens is 416 g/mol. The van der Waals surface area contributed by atoms with E-state index in [1.807, 2.05) is 0 Å². The summed E-state index contributed by atoms with van der Waals surface area (Å²) in [5.74, 6) is 0. The zero-order valence-corrected chi connectivity index (χ0v) is 19.6. The van der Waals surface area contributed by atoms with Crippen LogP contribution in [0.2, 0.25) is 0 Å². The molecule has 3 aromatic carbocycles. The molecule has 1 heterocycles. The van der Waals surface area contributed by atoms with E-state index >= 15 is 0 Å². The van der Waals surface area contributed by atoms with Crippen molar-refractivity contribution in [3.8, 4) is 33.6 Å². The molecule has 0 radical (unpaired) electrons. The molecule has 6 rings (SSSR count). The van der Waals surface area contributed by atoms with Crippen LogP contribution in [0.25, 0.3) is 33.6 Å². The van der Waals surface area contributed by atoms with Crippen LogP contribution in [0, 0.1) is 0 Å². The lowest BCUT2D eigenvalue weighted by atomic mass is 9.77. The van der Waals surface area contributed by atoms with Crippen LogP contribution in [0.4, 0.5) is 0 Å². The van der Waals surface area contributed by atoms with Crippen LogP contribution in [-0.4, -0.2) is 24.8 Å². The van der Waals surface area contributed by atoms with Gasteiger partial charge < -0.3 is 10.4 Å². The minimum absolute atomic E-state index is 0.166. The van der Waals surface area contributed by atoms with Crippen molar-refractivity contribution in [2.75, 3.05) is 19.7 Å². The van der Waals surface area contributed by atoms with Gasteiger partial charge >= 0.3 is 0 Å². The van der Waals surface area contributed by atoms with Gasteiger partial charge in [0.05, 0.1) is 13.2 Å². The van der Waals surface area contributed by atoms with Crippen LogP contribution >= 0.6 is 0 Å². The molecule has 2 aliphatic carbocycles. The highest BCUT2D eigenvalue weighted by atomic mass is 16.3. The van der Waals surface area contributed by atoms with E-state index < -0.39 is 0 Å². The number of hydrogen-bond donors (Lipinski definition) is 2. The smallest absolute Gasteiger partial charge is 0.217 e. The number of benzene rings is 3. The molecule has 4 aromatic rings. The molecule has 170 valence electrons. The molecule has 34 heavy (non-hydrogen) atoms. The van der Waals surface area contributed by atoms with Crippen LogP contribution in [0.1, 0.15) is 22.3 Å². The molecular formula is C31H31N2O+. The Bertz CT molecular complexity index is 1270. The van der Waals surface area contributed by atoms with Crippen LogP contribution in [-0.2, 0) is 32.2 Å². The molecule has 0 bridgehead atoms. The lowest BCUT2D eigenvalue weighted by molar-refractivity contribution is -0.674. The fraction of sp³-hybridized carbons (Fsp3) is 0.258. The Hall–Kier alpha value is -3.27. The summed E-state index contributed by atoms with van der Waals surface area (Å²) in [6.07, 6.45) is 4.30. The number of nitrogens with zero attached hydrogens (tertiary/aromatic N) is 1. The standard InChI is InChI=1S/C31H31N2O/c34-21-19-32-18-20-33-30-25-12-6-4-8-22(25)14-16-27(30)29(24-10-2-1-3-11-24)28-17-15-23-9-5-7-13-26(23)31(28)33/h1-13,32,34H,14-21H2/q+1. The van der Waals surface area contributed by atoms with E-state index in [1.54, 1.807) is 0 Å². The van der Waals surface area contributed by atoms with E-state index in [0.717, 1.165) is 38.8 Å². The number of aliphatic hydroxyl groups excluding tert-OH is 1. The van der Waals surface area contributed by atoms with Crippen molar-refractivity contribution >= 4 is 0 Å². The molecule has 3 nitrogen and oxygen atoms in total. The molecule has 0 saturated carbocycles. The Kier molecular flexibility index (Phi) is 5.74. The highest BCUT2D eigenvalue weighted by Gasteiger charge is 2.37. The maximum Gasteiger partial charge on any atom is 0.217 e. The number of nitrogens with one attached hydrogen (secondary N) is 1. The van der Waals surface area contributed by atoms with Gasteiger partial charge in [0, 0.05) is 34.4 Å². The lowest BCUT2D eigenvalue weighted by Gasteiger charge is -2.28.